The average molecular weight is 255 g/mol. The third kappa shape index (κ3) is 3.25. The molecule has 2 aliphatic rings. The Morgan fingerprint density at radius 2 is 2.06 bits per heavy atom. The minimum Gasteiger partial charge on any atom is -0.381 e. The topological polar surface area (TPSA) is 30.5 Å². The first kappa shape index (κ1) is 14.3. The molecule has 18 heavy (non-hydrogen) atoms. The molecule has 1 saturated heterocycles. The molecule has 0 spiro atoms. The zero-order chi connectivity index (χ0) is 12.8. The van der Waals surface area contributed by atoms with E-state index in [0.717, 1.165) is 38.5 Å². The van der Waals surface area contributed by atoms with E-state index in [9.17, 15) is 0 Å². The third-order valence-corrected chi connectivity index (χ3v) is 4.82. The van der Waals surface area contributed by atoms with Crippen LogP contribution in [0.2, 0.25) is 0 Å². The minimum absolute atomic E-state index is 0.0169. The van der Waals surface area contributed by atoms with Crippen LogP contribution in [0.25, 0.3) is 0 Å². The summed E-state index contributed by atoms with van der Waals surface area (Å²) in [5, 5.41) is 3.75. The molecule has 0 amide bonds. The summed E-state index contributed by atoms with van der Waals surface area (Å²) in [5.74, 6) is 0.925. The molecule has 1 heterocycles. The number of rotatable bonds is 7. The van der Waals surface area contributed by atoms with Crippen molar-refractivity contribution in [3.05, 3.63) is 0 Å². The van der Waals surface area contributed by atoms with Crippen molar-refractivity contribution in [1.29, 1.82) is 0 Å². The highest BCUT2D eigenvalue weighted by Crippen LogP contribution is 2.37. The van der Waals surface area contributed by atoms with Gasteiger partial charge in [0.25, 0.3) is 0 Å². The Hall–Kier alpha value is -0.120. The Bertz CT molecular complexity index is 235. The summed E-state index contributed by atoms with van der Waals surface area (Å²) < 4.78 is 11.5. The van der Waals surface area contributed by atoms with Crippen LogP contribution in [0.4, 0.5) is 0 Å². The van der Waals surface area contributed by atoms with Crippen LogP contribution < -0.4 is 5.32 Å². The van der Waals surface area contributed by atoms with Crippen molar-refractivity contribution in [2.45, 2.75) is 63.5 Å². The fourth-order valence-corrected chi connectivity index (χ4v) is 3.28. The first-order valence-electron chi connectivity index (χ1n) is 7.67. The maximum Gasteiger partial charge on any atom is 0.0874 e. The highest BCUT2D eigenvalue weighted by atomic mass is 16.5. The molecule has 1 aliphatic carbocycles. The lowest BCUT2D eigenvalue weighted by Crippen LogP contribution is -2.56. The highest BCUT2D eigenvalue weighted by molar-refractivity contribution is 4.96. The Morgan fingerprint density at radius 1 is 1.33 bits per heavy atom. The average Bonchev–Trinajstić information content (AvgIpc) is 2.37. The van der Waals surface area contributed by atoms with E-state index in [1.54, 1.807) is 0 Å². The van der Waals surface area contributed by atoms with E-state index < -0.39 is 0 Å². The monoisotopic (exact) mass is 255 g/mol. The number of hydrogen-bond donors (Lipinski definition) is 1. The molecule has 1 N–H and O–H groups in total. The van der Waals surface area contributed by atoms with Crippen LogP contribution in [0.15, 0.2) is 0 Å². The molecule has 0 radical (unpaired) electrons. The van der Waals surface area contributed by atoms with Crippen molar-refractivity contribution in [1.82, 2.24) is 5.32 Å². The van der Waals surface area contributed by atoms with Gasteiger partial charge in [0.1, 0.15) is 0 Å². The SMILES string of the molecule is CCCNC(CC1CCC1)C1(OC)CCOCC1. The van der Waals surface area contributed by atoms with Crippen LogP contribution in [-0.4, -0.2) is 38.5 Å². The quantitative estimate of drug-likeness (QED) is 0.759. The standard InChI is InChI=1S/C15H29NO2/c1-3-9-16-14(12-13-5-4-6-13)15(17-2)7-10-18-11-8-15/h13-14,16H,3-12H2,1-2H3. The Balaban J connectivity index is 1.98. The smallest absolute Gasteiger partial charge is 0.0874 e. The molecule has 2 rings (SSSR count). The second kappa shape index (κ2) is 6.88. The van der Waals surface area contributed by atoms with Gasteiger partial charge in [0.15, 0.2) is 0 Å². The molecule has 1 saturated carbocycles. The molecule has 1 unspecified atom stereocenters. The van der Waals surface area contributed by atoms with Crippen LogP contribution in [0.1, 0.15) is 51.9 Å². The Labute approximate surface area is 112 Å². The van der Waals surface area contributed by atoms with Gasteiger partial charge in [-0.1, -0.05) is 26.2 Å². The van der Waals surface area contributed by atoms with Gasteiger partial charge in [0.2, 0.25) is 0 Å². The molecular weight excluding hydrogens is 226 g/mol. The zero-order valence-corrected chi connectivity index (χ0v) is 12.0. The van der Waals surface area contributed by atoms with Crippen molar-refractivity contribution in [2.24, 2.45) is 5.92 Å². The van der Waals surface area contributed by atoms with Crippen LogP contribution in [0, 0.1) is 5.92 Å². The molecular formula is C15H29NO2. The highest BCUT2D eigenvalue weighted by Gasteiger charge is 2.41. The number of methoxy groups -OCH3 is 1. The van der Waals surface area contributed by atoms with Crippen LogP contribution in [0.3, 0.4) is 0 Å². The van der Waals surface area contributed by atoms with Crippen LogP contribution in [-0.2, 0) is 9.47 Å². The van der Waals surface area contributed by atoms with Gasteiger partial charge in [-0.3, -0.25) is 0 Å². The first-order valence-corrected chi connectivity index (χ1v) is 7.67. The lowest BCUT2D eigenvalue weighted by molar-refractivity contribution is -0.115. The Kier molecular flexibility index (Phi) is 5.46. The molecule has 106 valence electrons. The van der Waals surface area contributed by atoms with E-state index in [4.69, 9.17) is 9.47 Å². The molecule has 1 atom stereocenters. The van der Waals surface area contributed by atoms with Gasteiger partial charge >= 0.3 is 0 Å². The summed E-state index contributed by atoms with van der Waals surface area (Å²) in [7, 11) is 1.88. The molecule has 0 aromatic rings. The minimum atomic E-state index is 0.0169. The summed E-state index contributed by atoms with van der Waals surface area (Å²) in [6, 6.07) is 0.511. The molecule has 1 aliphatic heterocycles. The van der Waals surface area contributed by atoms with Gasteiger partial charge in [-0.15, -0.1) is 0 Å². The summed E-state index contributed by atoms with van der Waals surface area (Å²) in [6.45, 7) is 5.03. The second-order valence-electron chi connectivity index (χ2n) is 5.92. The fourth-order valence-electron chi connectivity index (χ4n) is 3.28. The predicted molar refractivity (Wildman–Crippen MR) is 73.8 cm³/mol. The first-order chi connectivity index (χ1) is 8.80. The number of hydrogen-bond acceptors (Lipinski definition) is 3. The normalized spacial score (nSPS) is 25.7. The lowest BCUT2D eigenvalue weighted by atomic mass is 9.74. The third-order valence-electron chi connectivity index (χ3n) is 4.82. The molecule has 3 heteroatoms. The largest absolute Gasteiger partial charge is 0.381 e. The van der Waals surface area contributed by atoms with E-state index in [2.05, 4.69) is 12.2 Å². The van der Waals surface area contributed by atoms with Gasteiger partial charge in [-0.05, 0) is 25.3 Å². The van der Waals surface area contributed by atoms with E-state index in [-0.39, 0.29) is 5.60 Å². The molecule has 2 fully saturated rings. The van der Waals surface area contributed by atoms with E-state index in [1.807, 2.05) is 7.11 Å². The van der Waals surface area contributed by atoms with Crippen LogP contribution >= 0.6 is 0 Å². The van der Waals surface area contributed by atoms with Crippen molar-refractivity contribution in [3.8, 4) is 0 Å². The van der Waals surface area contributed by atoms with Crippen molar-refractivity contribution >= 4 is 0 Å². The fraction of sp³-hybridized carbons (Fsp3) is 1.00. The number of nitrogens with one attached hydrogen (secondary N) is 1. The number of ether oxygens (including phenoxy) is 2. The summed E-state index contributed by atoms with van der Waals surface area (Å²) in [6.07, 6.45) is 8.82. The van der Waals surface area contributed by atoms with Crippen molar-refractivity contribution < 1.29 is 9.47 Å². The van der Waals surface area contributed by atoms with E-state index in [0.29, 0.717) is 6.04 Å². The second-order valence-corrected chi connectivity index (χ2v) is 5.92. The predicted octanol–water partition coefficient (Wildman–Crippen LogP) is 2.74. The summed E-state index contributed by atoms with van der Waals surface area (Å²) in [4.78, 5) is 0. The van der Waals surface area contributed by atoms with Gasteiger partial charge in [0, 0.05) is 39.2 Å². The van der Waals surface area contributed by atoms with Gasteiger partial charge in [-0.25, -0.2) is 0 Å². The lowest BCUT2D eigenvalue weighted by Gasteiger charge is -2.45. The van der Waals surface area contributed by atoms with Gasteiger partial charge in [-0.2, -0.15) is 0 Å². The summed E-state index contributed by atoms with van der Waals surface area (Å²) >= 11 is 0. The molecule has 0 aromatic carbocycles. The molecule has 0 aromatic heterocycles. The maximum atomic E-state index is 5.96. The van der Waals surface area contributed by atoms with E-state index in [1.165, 1.54) is 32.1 Å². The van der Waals surface area contributed by atoms with Gasteiger partial charge < -0.3 is 14.8 Å². The van der Waals surface area contributed by atoms with Gasteiger partial charge in [0.05, 0.1) is 5.60 Å². The van der Waals surface area contributed by atoms with Crippen LogP contribution in [0.5, 0.6) is 0 Å². The molecule has 3 nitrogen and oxygen atoms in total. The molecule has 0 bridgehead atoms. The zero-order valence-electron chi connectivity index (χ0n) is 12.0. The van der Waals surface area contributed by atoms with Crippen molar-refractivity contribution in [3.63, 3.8) is 0 Å². The Morgan fingerprint density at radius 3 is 2.56 bits per heavy atom. The maximum absolute atomic E-state index is 5.96. The van der Waals surface area contributed by atoms with E-state index >= 15 is 0 Å². The summed E-state index contributed by atoms with van der Waals surface area (Å²) in [5.41, 5.74) is 0.0169. The van der Waals surface area contributed by atoms with Crippen molar-refractivity contribution in [2.75, 3.05) is 26.9 Å².